The third-order valence-corrected chi connectivity index (χ3v) is 7.03. The van der Waals surface area contributed by atoms with Crippen molar-refractivity contribution in [2.75, 3.05) is 26.2 Å². The predicted molar refractivity (Wildman–Crippen MR) is 173 cm³/mol. The van der Waals surface area contributed by atoms with Crippen LogP contribution in [0.15, 0.2) is 0 Å². The summed E-state index contributed by atoms with van der Waals surface area (Å²) in [6.07, 6.45) is -8.10. The number of amides is 4. The second-order valence-corrected chi connectivity index (χ2v) is 15.2. The largest absolute Gasteiger partial charge is 0.465 e. The van der Waals surface area contributed by atoms with E-state index < -0.39 is 71.0 Å². The average molecular weight is 671 g/mol. The normalized spacial score (nSPS) is 15.0. The number of nitrogens with zero attached hydrogens (tertiary/aromatic N) is 4. The standard InChI is InChI=1S/2C15H30FN3O4/c2*1-14(2,3)18(12(20)21)9-10(16)7-11(8-17)19(13(22)23)15(4,5)6/h2*10-11H,7-9,17H2,1-6H3,(H,20,21)(H,22,23)/t2*10-,11+/m11/s1. The first-order chi connectivity index (χ1) is 20.4. The molecule has 0 aliphatic heterocycles. The van der Waals surface area contributed by atoms with E-state index in [1.165, 1.54) is 0 Å². The van der Waals surface area contributed by atoms with Gasteiger partial charge in [0.05, 0.1) is 25.2 Å². The molecule has 14 nitrogen and oxygen atoms in total. The van der Waals surface area contributed by atoms with Crippen molar-refractivity contribution in [3.8, 4) is 0 Å². The SMILES string of the molecule is CC(C)(C)N(C[C@H](F)C[C@@H](CN)N(C(=O)O)C(C)(C)C)C(=O)O.CC(C)(C)N(C[C@H](F)C[C@@H](CN)N(C(=O)O)C(C)(C)C)C(=O)O. The van der Waals surface area contributed by atoms with Crippen molar-refractivity contribution >= 4 is 24.4 Å². The molecule has 0 spiro atoms. The van der Waals surface area contributed by atoms with Gasteiger partial charge in [-0.1, -0.05) is 0 Å². The number of alkyl halides is 2. The Hall–Kier alpha value is -3.14. The van der Waals surface area contributed by atoms with Gasteiger partial charge in [0.25, 0.3) is 0 Å². The second kappa shape index (κ2) is 17.7. The Bertz CT molecular complexity index is 914. The number of nitrogens with two attached hydrogens (primary N) is 2. The van der Waals surface area contributed by atoms with Crippen molar-refractivity contribution < 1.29 is 48.4 Å². The van der Waals surface area contributed by atoms with Crippen LogP contribution in [-0.2, 0) is 0 Å². The van der Waals surface area contributed by atoms with E-state index in [-0.39, 0.29) is 39.0 Å². The molecule has 0 aromatic heterocycles. The van der Waals surface area contributed by atoms with Gasteiger partial charge in [-0.15, -0.1) is 0 Å². The Morgan fingerprint density at radius 1 is 0.522 bits per heavy atom. The zero-order valence-corrected chi connectivity index (χ0v) is 29.7. The third kappa shape index (κ3) is 15.4. The van der Waals surface area contributed by atoms with Crippen LogP contribution in [0.25, 0.3) is 0 Å². The molecule has 0 aromatic carbocycles. The maximum absolute atomic E-state index is 14.4. The Morgan fingerprint density at radius 3 is 0.891 bits per heavy atom. The lowest BCUT2D eigenvalue weighted by Crippen LogP contribution is -2.55. The van der Waals surface area contributed by atoms with Gasteiger partial charge in [0, 0.05) is 48.1 Å². The van der Waals surface area contributed by atoms with Gasteiger partial charge in [-0.05, 0) is 83.1 Å². The van der Waals surface area contributed by atoms with Crippen LogP contribution in [0.4, 0.5) is 28.0 Å². The van der Waals surface area contributed by atoms with E-state index in [9.17, 15) is 48.4 Å². The Labute approximate surface area is 272 Å². The molecule has 0 saturated heterocycles. The lowest BCUT2D eigenvalue weighted by Gasteiger charge is -2.40. The van der Waals surface area contributed by atoms with Crippen LogP contribution in [0.1, 0.15) is 95.9 Å². The van der Waals surface area contributed by atoms with E-state index in [2.05, 4.69) is 0 Å². The van der Waals surface area contributed by atoms with Crippen LogP contribution in [0, 0.1) is 0 Å². The highest BCUT2D eigenvalue weighted by atomic mass is 19.1. The summed E-state index contributed by atoms with van der Waals surface area (Å²) in [7, 11) is 0. The van der Waals surface area contributed by atoms with Crippen LogP contribution < -0.4 is 11.5 Å². The average Bonchev–Trinajstić information content (AvgIpc) is 2.81. The summed E-state index contributed by atoms with van der Waals surface area (Å²) in [6, 6.07) is -1.45. The number of rotatable bonds is 12. The number of halogens is 2. The number of hydrogen-bond acceptors (Lipinski definition) is 6. The summed E-state index contributed by atoms with van der Waals surface area (Å²) in [5, 5.41) is 37.1. The van der Waals surface area contributed by atoms with Crippen LogP contribution in [0.3, 0.4) is 0 Å². The minimum Gasteiger partial charge on any atom is -0.465 e. The second-order valence-electron chi connectivity index (χ2n) is 15.2. The van der Waals surface area contributed by atoms with Gasteiger partial charge in [-0.25, -0.2) is 28.0 Å². The Balaban J connectivity index is 0. The van der Waals surface area contributed by atoms with Crippen LogP contribution in [0.2, 0.25) is 0 Å². The van der Waals surface area contributed by atoms with Crippen molar-refractivity contribution in [1.29, 1.82) is 0 Å². The topological polar surface area (TPSA) is 214 Å². The molecule has 0 fully saturated rings. The van der Waals surface area contributed by atoms with Crippen molar-refractivity contribution in [1.82, 2.24) is 19.6 Å². The summed E-state index contributed by atoms with van der Waals surface area (Å²) >= 11 is 0. The maximum Gasteiger partial charge on any atom is 0.408 e. The van der Waals surface area contributed by atoms with Gasteiger partial charge in [-0.2, -0.15) is 0 Å². The van der Waals surface area contributed by atoms with Crippen LogP contribution in [-0.4, -0.2) is 137 Å². The molecule has 8 N–H and O–H groups in total. The molecular weight excluding hydrogens is 610 g/mol. The third-order valence-electron chi connectivity index (χ3n) is 7.03. The van der Waals surface area contributed by atoms with E-state index in [1.807, 2.05) is 0 Å². The predicted octanol–water partition coefficient (Wildman–Crippen LogP) is 5.20. The summed E-state index contributed by atoms with van der Waals surface area (Å²) in [6.45, 7) is 19.5. The van der Waals surface area contributed by atoms with Crippen molar-refractivity contribution in [2.24, 2.45) is 11.5 Å². The molecule has 0 aliphatic rings. The van der Waals surface area contributed by atoms with E-state index >= 15 is 0 Å². The summed E-state index contributed by atoms with van der Waals surface area (Å²) in [5.74, 6) is 0. The summed E-state index contributed by atoms with van der Waals surface area (Å²) in [5.41, 5.74) is 8.31. The molecule has 46 heavy (non-hydrogen) atoms. The van der Waals surface area contributed by atoms with E-state index in [4.69, 9.17) is 11.5 Å². The van der Waals surface area contributed by atoms with Crippen molar-refractivity contribution in [3.05, 3.63) is 0 Å². The highest BCUT2D eigenvalue weighted by molar-refractivity contribution is 5.67. The van der Waals surface area contributed by atoms with Gasteiger partial charge >= 0.3 is 24.4 Å². The van der Waals surface area contributed by atoms with Crippen molar-refractivity contribution in [3.63, 3.8) is 0 Å². The highest BCUT2D eigenvalue weighted by Crippen LogP contribution is 2.24. The molecule has 272 valence electrons. The smallest absolute Gasteiger partial charge is 0.408 e. The summed E-state index contributed by atoms with van der Waals surface area (Å²) in [4.78, 5) is 49.7. The first-order valence-electron chi connectivity index (χ1n) is 15.2. The molecule has 0 saturated carbocycles. The van der Waals surface area contributed by atoms with E-state index in [1.54, 1.807) is 83.1 Å². The molecule has 4 atom stereocenters. The number of carboxylic acid groups (broad SMARTS) is 4. The quantitative estimate of drug-likeness (QED) is 0.160. The first-order valence-corrected chi connectivity index (χ1v) is 15.2. The zero-order chi connectivity index (χ0) is 37.2. The Morgan fingerprint density at radius 2 is 0.761 bits per heavy atom. The first kappa shape index (κ1) is 45.0. The van der Waals surface area contributed by atoms with Crippen LogP contribution in [0.5, 0.6) is 0 Å². The number of hydrogen-bond donors (Lipinski definition) is 6. The zero-order valence-electron chi connectivity index (χ0n) is 29.7. The molecule has 0 rings (SSSR count). The minimum atomic E-state index is -1.51. The lowest BCUT2D eigenvalue weighted by molar-refractivity contribution is 0.0457. The van der Waals surface area contributed by atoms with E-state index in [0.717, 1.165) is 19.6 Å². The fourth-order valence-electron chi connectivity index (χ4n) is 5.01. The molecular formula is C30H60F2N6O8. The van der Waals surface area contributed by atoms with E-state index in [0.29, 0.717) is 0 Å². The lowest BCUT2D eigenvalue weighted by atomic mass is 9.99. The molecule has 0 aromatic rings. The minimum absolute atomic E-state index is 0.0351. The molecule has 0 heterocycles. The monoisotopic (exact) mass is 670 g/mol. The Kier molecular flexibility index (Phi) is 17.3. The molecule has 0 bridgehead atoms. The fraction of sp³-hybridized carbons (Fsp3) is 0.867. The van der Waals surface area contributed by atoms with Gasteiger partial charge < -0.3 is 41.7 Å². The molecule has 4 amide bonds. The fourth-order valence-corrected chi connectivity index (χ4v) is 5.01. The van der Waals surface area contributed by atoms with Crippen molar-refractivity contribution in [2.45, 2.75) is 143 Å². The van der Waals surface area contributed by atoms with Gasteiger partial charge in [0.15, 0.2) is 0 Å². The number of carbonyl (C=O) groups is 4. The molecule has 0 aliphatic carbocycles. The van der Waals surface area contributed by atoms with Gasteiger partial charge in [-0.3, -0.25) is 9.80 Å². The summed E-state index contributed by atoms with van der Waals surface area (Å²) < 4.78 is 28.8. The maximum atomic E-state index is 14.4. The highest BCUT2D eigenvalue weighted by Gasteiger charge is 2.37. The molecule has 16 heteroatoms. The molecule has 0 radical (unpaired) electrons. The van der Waals surface area contributed by atoms with Gasteiger partial charge in [0.2, 0.25) is 0 Å². The molecule has 0 unspecified atom stereocenters. The van der Waals surface area contributed by atoms with Gasteiger partial charge in [0.1, 0.15) is 12.3 Å². The van der Waals surface area contributed by atoms with Crippen LogP contribution >= 0.6 is 0 Å².